The second-order valence-electron chi connectivity index (χ2n) is 4.98. The van der Waals surface area contributed by atoms with Gasteiger partial charge in [-0.1, -0.05) is 6.42 Å². The van der Waals surface area contributed by atoms with E-state index in [-0.39, 0.29) is 5.91 Å². The molecule has 2 saturated heterocycles. The first kappa shape index (κ1) is 10.8. The van der Waals surface area contributed by atoms with Gasteiger partial charge in [-0.25, -0.2) is 0 Å². The van der Waals surface area contributed by atoms with Gasteiger partial charge in [-0.05, 0) is 31.9 Å². The van der Waals surface area contributed by atoms with E-state index < -0.39 is 0 Å². The van der Waals surface area contributed by atoms with Gasteiger partial charge in [0.05, 0.1) is 11.8 Å². The first-order valence-corrected chi connectivity index (χ1v) is 6.42. The van der Waals surface area contributed by atoms with Gasteiger partial charge in [0.25, 0.3) is 5.91 Å². The minimum atomic E-state index is -0.00354. The lowest BCUT2D eigenvalue weighted by atomic mass is 9.99. The summed E-state index contributed by atoms with van der Waals surface area (Å²) in [6.45, 7) is 2.32. The average Bonchev–Trinajstić information content (AvgIpc) is 2.98. The van der Waals surface area contributed by atoms with Crippen LogP contribution in [0.25, 0.3) is 0 Å². The molecule has 3 rings (SSSR count). The van der Waals surface area contributed by atoms with Crippen LogP contribution in [0.5, 0.6) is 0 Å². The number of piperidine rings is 1. The zero-order valence-corrected chi connectivity index (χ0v) is 9.89. The van der Waals surface area contributed by atoms with Crippen molar-refractivity contribution >= 4 is 5.91 Å². The van der Waals surface area contributed by atoms with Crippen LogP contribution in [0.3, 0.4) is 0 Å². The zero-order chi connectivity index (χ0) is 11.7. The van der Waals surface area contributed by atoms with E-state index in [1.807, 2.05) is 0 Å². The van der Waals surface area contributed by atoms with Gasteiger partial charge in [0.15, 0.2) is 0 Å². The Bertz CT molecular complexity index is 388. The van der Waals surface area contributed by atoms with Gasteiger partial charge in [-0.3, -0.25) is 9.69 Å². The predicted octanol–water partition coefficient (Wildman–Crippen LogP) is 1.64. The summed E-state index contributed by atoms with van der Waals surface area (Å²) < 4.78 is 4.94. The van der Waals surface area contributed by atoms with Gasteiger partial charge >= 0.3 is 0 Å². The molecule has 4 heteroatoms. The Morgan fingerprint density at radius 1 is 1.35 bits per heavy atom. The topological polar surface area (TPSA) is 45.5 Å². The summed E-state index contributed by atoms with van der Waals surface area (Å²) in [5.74, 6) is -0.00354. The normalized spacial score (nSPS) is 28.9. The maximum Gasteiger partial charge on any atom is 0.254 e. The molecule has 0 unspecified atom stereocenters. The van der Waals surface area contributed by atoms with E-state index in [1.54, 1.807) is 6.07 Å². The van der Waals surface area contributed by atoms with Gasteiger partial charge < -0.3 is 9.73 Å². The molecule has 3 heterocycles. The lowest BCUT2D eigenvalue weighted by Gasteiger charge is -2.32. The molecule has 4 nitrogen and oxygen atoms in total. The minimum Gasteiger partial charge on any atom is -0.472 e. The van der Waals surface area contributed by atoms with Crippen molar-refractivity contribution in [1.29, 1.82) is 0 Å². The number of carbonyl (C=O) groups excluding carboxylic acids is 1. The molecule has 92 valence electrons. The number of hydrogen-bond acceptors (Lipinski definition) is 3. The van der Waals surface area contributed by atoms with E-state index in [4.69, 9.17) is 4.42 Å². The highest BCUT2D eigenvalue weighted by Crippen LogP contribution is 2.27. The molecule has 0 radical (unpaired) electrons. The molecule has 0 aromatic carbocycles. The summed E-state index contributed by atoms with van der Waals surface area (Å²) in [6, 6.07) is 2.58. The third kappa shape index (κ3) is 2.09. The van der Waals surface area contributed by atoms with E-state index in [1.165, 1.54) is 38.3 Å². The van der Waals surface area contributed by atoms with Crippen LogP contribution in [0.2, 0.25) is 0 Å². The van der Waals surface area contributed by atoms with Crippen molar-refractivity contribution in [2.24, 2.45) is 0 Å². The van der Waals surface area contributed by atoms with Crippen LogP contribution >= 0.6 is 0 Å². The molecular formula is C13H18N2O2. The number of furan rings is 1. The van der Waals surface area contributed by atoms with Crippen LogP contribution in [0.1, 0.15) is 36.0 Å². The predicted molar refractivity (Wildman–Crippen MR) is 63.8 cm³/mol. The summed E-state index contributed by atoms with van der Waals surface area (Å²) in [7, 11) is 0. The highest BCUT2D eigenvalue weighted by molar-refractivity contribution is 5.94. The fourth-order valence-corrected chi connectivity index (χ4v) is 3.06. The van der Waals surface area contributed by atoms with Crippen molar-refractivity contribution < 1.29 is 9.21 Å². The number of nitrogens with zero attached hydrogens (tertiary/aromatic N) is 1. The van der Waals surface area contributed by atoms with Gasteiger partial charge in [0.2, 0.25) is 0 Å². The molecule has 1 amide bonds. The number of amides is 1. The van der Waals surface area contributed by atoms with Gasteiger partial charge in [0, 0.05) is 18.6 Å². The second-order valence-corrected chi connectivity index (χ2v) is 4.98. The molecule has 2 atom stereocenters. The molecule has 2 fully saturated rings. The van der Waals surface area contributed by atoms with Gasteiger partial charge in [-0.15, -0.1) is 0 Å². The van der Waals surface area contributed by atoms with Crippen LogP contribution in [-0.2, 0) is 0 Å². The maximum atomic E-state index is 11.9. The van der Waals surface area contributed by atoms with E-state index in [9.17, 15) is 4.79 Å². The van der Waals surface area contributed by atoms with Gasteiger partial charge in [0.1, 0.15) is 6.26 Å². The third-order valence-corrected chi connectivity index (χ3v) is 3.96. The van der Waals surface area contributed by atoms with Crippen molar-refractivity contribution in [3.8, 4) is 0 Å². The monoisotopic (exact) mass is 234 g/mol. The molecule has 1 N–H and O–H groups in total. The van der Waals surface area contributed by atoms with Gasteiger partial charge in [-0.2, -0.15) is 0 Å². The molecular weight excluding hydrogens is 216 g/mol. The van der Waals surface area contributed by atoms with E-state index in [0.717, 1.165) is 13.0 Å². The van der Waals surface area contributed by atoms with E-state index in [0.29, 0.717) is 17.6 Å². The Morgan fingerprint density at radius 3 is 3.12 bits per heavy atom. The molecule has 1 aromatic heterocycles. The summed E-state index contributed by atoms with van der Waals surface area (Å²) in [6.07, 6.45) is 7.93. The van der Waals surface area contributed by atoms with Crippen LogP contribution in [0.15, 0.2) is 23.0 Å². The molecule has 0 spiro atoms. The Hall–Kier alpha value is -1.29. The molecule has 17 heavy (non-hydrogen) atoms. The summed E-state index contributed by atoms with van der Waals surface area (Å²) in [4.78, 5) is 14.5. The fourth-order valence-electron chi connectivity index (χ4n) is 3.06. The minimum absolute atomic E-state index is 0.00354. The Morgan fingerprint density at radius 2 is 2.29 bits per heavy atom. The number of hydrogen-bond donors (Lipinski definition) is 1. The average molecular weight is 234 g/mol. The largest absolute Gasteiger partial charge is 0.472 e. The van der Waals surface area contributed by atoms with Crippen LogP contribution in [-0.4, -0.2) is 36.0 Å². The summed E-state index contributed by atoms with van der Waals surface area (Å²) >= 11 is 0. The number of rotatable bonds is 2. The third-order valence-electron chi connectivity index (χ3n) is 3.96. The van der Waals surface area contributed by atoms with Crippen LogP contribution in [0, 0.1) is 0 Å². The van der Waals surface area contributed by atoms with Crippen molar-refractivity contribution in [2.45, 2.75) is 37.8 Å². The molecule has 2 aliphatic rings. The Kier molecular flexibility index (Phi) is 2.89. The Labute approximate surface area is 101 Å². The standard InChI is InChI=1S/C13H18N2O2/c16-13(10-5-8-17-9-10)14-11-4-7-15-6-2-1-3-12(11)15/h5,8-9,11-12H,1-4,6-7H2,(H,14,16)/t11-,12+/m1/s1. The summed E-state index contributed by atoms with van der Waals surface area (Å²) in [5.41, 5.74) is 0.624. The first-order chi connectivity index (χ1) is 8.34. The lowest BCUT2D eigenvalue weighted by Crippen LogP contribution is -2.46. The quantitative estimate of drug-likeness (QED) is 0.846. The fraction of sp³-hybridized carbons (Fsp3) is 0.615. The number of fused-ring (bicyclic) bond motifs is 1. The van der Waals surface area contributed by atoms with Crippen molar-refractivity contribution in [3.05, 3.63) is 24.2 Å². The zero-order valence-electron chi connectivity index (χ0n) is 9.89. The first-order valence-electron chi connectivity index (χ1n) is 6.42. The number of nitrogens with one attached hydrogen (secondary N) is 1. The SMILES string of the molecule is O=C(N[C@@H]1CCN2CCCC[C@@H]12)c1ccoc1. The highest BCUT2D eigenvalue weighted by atomic mass is 16.3. The molecule has 2 aliphatic heterocycles. The van der Waals surface area contributed by atoms with E-state index >= 15 is 0 Å². The maximum absolute atomic E-state index is 11.9. The lowest BCUT2D eigenvalue weighted by molar-refractivity contribution is 0.0914. The van der Waals surface area contributed by atoms with Crippen molar-refractivity contribution in [3.63, 3.8) is 0 Å². The van der Waals surface area contributed by atoms with Crippen molar-refractivity contribution in [2.75, 3.05) is 13.1 Å². The summed E-state index contributed by atoms with van der Waals surface area (Å²) in [5, 5.41) is 3.14. The Balaban J connectivity index is 1.64. The smallest absolute Gasteiger partial charge is 0.254 e. The van der Waals surface area contributed by atoms with Crippen LogP contribution in [0.4, 0.5) is 0 Å². The van der Waals surface area contributed by atoms with Crippen LogP contribution < -0.4 is 5.32 Å². The second kappa shape index (κ2) is 4.53. The van der Waals surface area contributed by atoms with E-state index in [2.05, 4.69) is 10.2 Å². The molecule has 1 aromatic rings. The van der Waals surface area contributed by atoms with Crippen molar-refractivity contribution in [1.82, 2.24) is 10.2 Å². The molecule has 0 aliphatic carbocycles. The molecule has 0 saturated carbocycles. The highest BCUT2D eigenvalue weighted by Gasteiger charge is 2.36. The number of carbonyl (C=O) groups is 1. The molecule has 0 bridgehead atoms.